The highest BCUT2D eigenvalue weighted by Gasteiger charge is 2.67. The SMILES string of the molecule is CCCCCCCCCCCCOC(=O)c1ccc(N2C(=O)[C@H]3C4c5ccccc5C(Br)(c5ccccc54)[C@H]3C2=O)cc1. The number of hydrogen-bond donors (Lipinski definition) is 0. The second-order valence-corrected chi connectivity index (χ2v) is 13.5. The predicted octanol–water partition coefficient (Wildman–Crippen LogP) is 8.67. The Hall–Kier alpha value is -3.25. The van der Waals surface area contributed by atoms with Crippen LogP contribution in [0, 0.1) is 11.8 Å². The van der Waals surface area contributed by atoms with Crippen molar-refractivity contribution in [2.75, 3.05) is 11.5 Å². The summed E-state index contributed by atoms with van der Waals surface area (Å²) in [6.07, 6.45) is 12.3. The molecule has 1 saturated heterocycles. The molecule has 0 saturated carbocycles. The summed E-state index contributed by atoms with van der Waals surface area (Å²) in [6.45, 7) is 2.64. The van der Waals surface area contributed by atoms with Crippen LogP contribution in [0.4, 0.5) is 5.69 Å². The molecule has 3 aliphatic carbocycles. The van der Waals surface area contributed by atoms with Crippen molar-refractivity contribution in [1.82, 2.24) is 0 Å². The molecule has 2 bridgehead atoms. The van der Waals surface area contributed by atoms with Gasteiger partial charge in [0.2, 0.25) is 11.8 Å². The average molecular weight is 643 g/mol. The molecule has 6 heteroatoms. The van der Waals surface area contributed by atoms with Gasteiger partial charge in [0, 0.05) is 5.92 Å². The van der Waals surface area contributed by atoms with E-state index in [0.29, 0.717) is 17.9 Å². The number of rotatable bonds is 13. The minimum absolute atomic E-state index is 0.182. The largest absolute Gasteiger partial charge is 0.462 e. The van der Waals surface area contributed by atoms with Gasteiger partial charge in [-0.25, -0.2) is 9.69 Å². The van der Waals surface area contributed by atoms with E-state index >= 15 is 0 Å². The first-order chi connectivity index (χ1) is 21.0. The molecule has 0 radical (unpaired) electrons. The molecule has 3 aromatic rings. The van der Waals surface area contributed by atoms with Crippen LogP contribution in [-0.2, 0) is 18.7 Å². The smallest absolute Gasteiger partial charge is 0.338 e. The molecule has 0 spiro atoms. The molecule has 0 aromatic heterocycles. The molecule has 1 fully saturated rings. The number of halogens is 1. The molecule has 5 nitrogen and oxygen atoms in total. The van der Waals surface area contributed by atoms with E-state index in [-0.39, 0.29) is 23.7 Å². The van der Waals surface area contributed by atoms with Gasteiger partial charge in [-0.05, 0) is 52.9 Å². The number of unbranched alkanes of at least 4 members (excludes halogenated alkanes) is 9. The third kappa shape index (κ3) is 5.26. The zero-order valence-electron chi connectivity index (χ0n) is 24.9. The molecule has 1 aliphatic heterocycles. The number of amides is 2. The molecule has 4 aliphatic rings. The van der Waals surface area contributed by atoms with Gasteiger partial charge in [0.05, 0.1) is 34.0 Å². The van der Waals surface area contributed by atoms with E-state index in [1.807, 2.05) is 24.3 Å². The molecule has 0 N–H and O–H groups in total. The quantitative estimate of drug-likeness (QED) is 0.0810. The van der Waals surface area contributed by atoms with E-state index in [1.54, 1.807) is 24.3 Å². The van der Waals surface area contributed by atoms with Gasteiger partial charge in [0.15, 0.2) is 0 Å². The monoisotopic (exact) mass is 641 g/mol. The molecular weight excluding hydrogens is 602 g/mol. The Morgan fingerprint density at radius 2 is 1.28 bits per heavy atom. The normalized spacial score (nSPS) is 23.2. The number of hydrogen-bond acceptors (Lipinski definition) is 4. The highest BCUT2D eigenvalue weighted by Crippen LogP contribution is 2.66. The van der Waals surface area contributed by atoms with Gasteiger partial charge in [-0.1, -0.05) is 129 Å². The maximum atomic E-state index is 14.1. The zero-order chi connectivity index (χ0) is 30.0. The summed E-state index contributed by atoms with van der Waals surface area (Å²) < 4.78 is 4.74. The number of carbonyl (C=O) groups excluding carboxylic acids is 3. The van der Waals surface area contributed by atoms with Crippen LogP contribution >= 0.6 is 15.9 Å². The van der Waals surface area contributed by atoms with Crippen molar-refractivity contribution in [3.63, 3.8) is 0 Å². The summed E-state index contributed by atoms with van der Waals surface area (Å²) in [5.74, 6) is -2.01. The van der Waals surface area contributed by atoms with E-state index < -0.39 is 16.2 Å². The highest BCUT2D eigenvalue weighted by molar-refractivity contribution is 9.09. The van der Waals surface area contributed by atoms with E-state index in [1.165, 1.54) is 56.3 Å². The number of anilines is 1. The topological polar surface area (TPSA) is 63.7 Å². The summed E-state index contributed by atoms with van der Waals surface area (Å²) >= 11 is 4.03. The highest BCUT2D eigenvalue weighted by atomic mass is 79.9. The average Bonchev–Trinajstić information content (AvgIpc) is 3.30. The predicted molar refractivity (Wildman–Crippen MR) is 172 cm³/mol. The van der Waals surface area contributed by atoms with Gasteiger partial charge >= 0.3 is 5.97 Å². The van der Waals surface area contributed by atoms with Crippen LogP contribution in [0.5, 0.6) is 0 Å². The van der Waals surface area contributed by atoms with Crippen molar-refractivity contribution >= 4 is 39.4 Å². The fourth-order valence-corrected chi connectivity index (χ4v) is 8.72. The Labute approximate surface area is 263 Å². The lowest BCUT2D eigenvalue weighted by molar-refractivity contribution is -0.122. The lowest BCUT2D eigenvalue weighted by atomic mass is 9.55. The summed E-state index contributed by atoms with van der Waals surface area (Å²) in [4.78, 5) is 42.1. The minimum atomic E-state index is -0.778. The molecular formula is C37H40BrNO4. The molecule has 2 atom stereocenters. The minimum Gasteiger partial charge on any atom is -0.462 e. The Morgan fingerprint density at radius 1 is 0.744 bits per heavy atom. The van der Waals surface area contributed by atoms with Gasteiger partial charge in [0.1, 0.15) is 0 Å². The van der Waals surface area contributed by atoms with Crippen molar-refractivity contribution in [2.45, 2.75) is 81.4 Å². The van der Waals surface area contributed by atoms with Crippen molar-refractivity contribution in [2.24, 2.45) is 11.8 Å². The summed E-state index contributed by atoms with van der Waals surface area (Å²) in [5.41, 5.74) is 5.22. The summed E-state index contributed by atoms with van der Waals surface area (Å²) in [5, 5.41) is 0. The molecule has 2 amide bonds. The number of carbonyl (C=O) groups is 3. The van der Waals surface area contributed by atoms with Crippen molar-refractivity contribution in [3.05, 3.63) is 101 Å². The first kappa shape index (κ1) is 29.8. The number of esters is 1. The zero-order valence-corrected chi connectivity index (χ0v) is 26.5. The van der Waals surface area contributed by atoms with Crippen molar-refractivity contribution in [1.29, 1.82) is 0 Å². The standard InChI is InChI=1S/C37H40BrNO4/c1-2-3-4-5-6-7-8-9-10-15-24-43-36(42)25-20-22-26(23-21-25)39-34(40)32-31-27-16-11-13-18-29(27)37(38,33(32)35(39)41)30-19-14-12-17-28(30)31/h11-14,16-23,31-33H,2-10,15,24H2,1H3/t31?,32-,33+,37?/m0/s1. The van der Waals surface area contributed by atoms with Crippen molar-refractivity contribution in [3.8, 4) is 0 Å². The fraction of sp³-hybridized carbons (Fsp3) is 0.432. The molecule has 7 rings (SSSR count). The van der Waals surface area contributed by atoms with Gasteiger partial charge in [-0.2, -0.15) is 0 Å². The number of benzene rings is 3. The van der Waals surface area contributed by atoms with Crippen LogP contribution < -0.4 is 4.90 Å². The number of nitrogens with zero attached hydrogens (tertiary/aromatic N) is 1. The molecule has 0 unspecified atom stereocenters. The van der Waals surface area contributed by atoms with Crippen LogP contribution in [0.1, 0.15) is 110 Å². The second-order valence-electron chi connectivity index (χ2n) is 12.2. The first-order valence-electron chi connectivity index (χ1n) is 16.0. The van der Waals surface area contributed by atoms with Crippen LogP contribution in [0.3, 0.4) is 0 Å². The molecule has 43 heavy (non-hydrogen) atoms. The lowest BCUT2D eigenvalue weighted by Gasteiger charge is -2.51. The number of imide groups is 1. The molecule has 1 heterocycles. The third-order valence-corrected chi connectivity index (χ3v) is 11.0. The third-order valence-electron chi connectivity index (χ3n) is 9.61. The summed E-state index contributed by atoms with van der Waals surface area (Å²) in [7, 11) is 0. The maximum Gasteiger partial charge on any atom is 0.338 e. The van der Waals surface area contributed by atoms with E-state index in [2.05, 4.69) is 47.1 Å². The lowest BCUT2D eigenvalue weighted by Crippen LogP contribution is -2.50. The first-order valence-corrected chi connectivity index (χ1v) is 16.8. The molecule has 3 aromatic carbocycles. The van der Waals surface area contributed by atoms with E-state index in [0.717, 1.165) is 35.1 Å². The van der Waals surface area contributed by atoms with Gasteiger partial charge in [-0.15, -0.1) is 0 Å². The van der Waals surface area contributed by atoms with Gasteiger partial charge in [0.25, 0.3) is 0 Å². The Morgan fingerprint density at radius 3 is 1.86 bits per heavy atom. The van der Waals surface area contributed by atoms with Crippen LogP contribution in [0.2, 0.25) is 0 Å². The Kier molecular flexibility index (Phi) is 8.85. The van der Waals surface area contributed by atoms with E-state index in [4.69, 9.17) is 4.74 Å². The number of ether oxygens (including phenoxy) is 1. The maximum absolute atomic E-state index is 14.1. The summed E-state index contributed by atoms with van der Waals surface area (Å²) in [6, 6.07) is 23.0. The molecule has 224 valence electrons. The van der Waals surface area contributed by atoms with Crippen LogP contribution in [0.25, 0.3) is 0 Å². The van der Waals surface area contributed by atoms with Gasteiger partial charge < -0.3 is 4.74 Å². The Bertz CT molecular complexity index is 1450. The van der Waals surface area contributed by atoms with Crippen molar-refractivity contribution < 1.29 is 19.1 Å². The van der Waals surface area contributed by atoms with Crippen LogP contribution in [0.15, 0.2) is 72.8 Å². The number of alkyl halides is 1. The van der Waals surface area contributed by atoms with Gasteiger partial charge in [-0.3, -0.25) is 9.59 Å². The fourth-order valence-electron chi connectivity index (χ4n) is 7.52. The van der Waals surface area contributed by atoms with Crippen LogP contribution in [-0.4, -0.2) is 24.4 Å². The second kappa shape index (κ2) is 12.8. The Balaban J connectivity index is 1.09. The van der Waals surface area contributed by atoms with E-state index in [9.17, 15) is 14.4 Å².